The Morgan fingerprint density at radius 2 is 1.71 bits per heavy atom. The lowest BCUT2D eigenvalue weighted by molar-refractivity contribution is -0.134. The number of carbonyl (C=O) groups excluding carboxylic acids is 1. The van der Waals surface area contributed by atoms with E-state index >= 15 is 0 Å². The minimum atomic E-state index is -0.317. The number of esters is 1. The average Bonchev–Trinajstić information content (AvgIpc) is 2.64. The highest BCUT2D eigenvalue weighted by molar-refractivity contribution is 5.80. The molecule has 0 N–H and O–H groups in total. The Hall–Kier alpha value is -3.08. The van der Waals surface area contributed by atoms with Gasteiger partial charge in [0.25, 0.3) is 0 Å². The molecule has 0 aliphatic heterocycles. The Balaban J connectivity index is 1.84. The first-order valence-corrected chi connectivity index (χ1v) is 9.32. The molecule has 1 heterocycles. The molecule has 0 saturated heterocycles. The first-order chi connectivity index (χ1) is 13.3. The molecule has 0 atom stereocenters. The van der Waals surface area contributed by atoms with E-state index in [1.807, 2.05) is 31.2 Å². The number of carbonyl (C=O) groups is 1. The summed E-state index contributed by atoms with van der Waals surface area (Å²) in [5.41, 5.74) is 1.27. The molecule has 0 fully saturated rings. The summed E-state index contributed by atoms with van der Waals surface area (Å²) in [5, 5.41) is 0.360. The van der Waals surface area contributed by atoms with Gasteiger partial charge in [-0.05, 0) is 41.7 Å². The largest absolute Gasteiger partial charge is 0.460 e. The van der Waals surface area contributed by atoms with E-state index in [9.17, 15) is 9.59 Å². The van der Waals surface area contributed by atoms with Gasteiger partial charge in [0, 0.05) is 12.5 Å². The van der Waals surface area contributed by atoms with Gasteiger partial charge in [-0.1, -0.05) is 39.8 Å². The van der Waals surface area contributed by atoms with Crippen LogP contribution in [0.1, 0.15) is 46.1 Å². The molecule has 1 aromatic heterocycles. The third kappa shape index (κ3) is 4.42. The molecule has 0 aliphatic carbocycles. The van der Waals surface area contributed by atoms with E-state index in [-0.39, 0.29) is 22.6 Å². The highest BCUT2D eigenvalue weighted by Crippen LogP contribution is 2.27. The SMILES string of the molecule is CCCC(=O)Oc1ccc2c(=O)c(Oc3ccc(C(C)(C)C)cc3)coc2c1. The molecule has 5 heteroatoms. The van der Waals surface area contributed by atoms with Gasteiger partial charge in [0.05, 0.1) is 5.39 Å². The zero-order valence-electron chi connectivity index (χ0n) is 16.6. The number of hydrogen-bond donors (Lipinski definition) is 0. The van der Waals surface area contributed by atoms with Gasteiger partial charge < -0.3 is 13.9 Å². The van der Waals surface area contributed by atoms with E-state index in [2.05, 4.69) is 20.8 Å². The van der Waals surface area contributed by atoms with Crippen molar-refractivity contribution in [1.29, 1.82) is 0 Å². The van der Waals surface area contributed by atoms with Crippen LogP contribution in [0.4, 0.5) is 0 Å². The zero-order chi connectivity index (χ0) is 20.3. The minimum Gasteiger partial charge on any atom is -0.460 e. The fourth-order valence-electron chi connectivity index (χ4n) is 2.76. The van der Waals surface area contributed by atoms with Gasteiger partial charge in [-0.3, -0.25) is 9.59 Å². The minimum absolute atomic E-state index is 0.0405. The monoisotopic (exact) mass is 380 g/mol. The maximum Gasteiger partial charge on any atom is 0.311 e. The Bertz CT molecular complexity index is 1040. The Kier molecular flexibility index (Phi) is 5.54. The summed E-state index contributed by atoms with van der Waals surface area (Å²) in [5.74, 6) is 0.694. The first kappa shape index (κ1) is 19.7. The lowest BCUT2D eigenvalue weighted by atomic mass is 9.87. The number of rotatable bonds is 5. The van der Waals surface area contributed by atoms with E-state index in [1.165, 1.54) is 17.9 Å². The molecular weight excluding hydrogens is 356 g/mol. The van der Waals surface area contributed by atoms with Gasteiger partial charge in [0.2, 0.25) is 11.2 Å². The fraction of sp³-hybridized carbons (Fsp3) is 0.304. The third-order valence-corrected chi connectivity index (χ3v) is 4.35. The molecule has 28 heavy (non-hydrogen) atoms. The summed E-state index contributed by atoms with van der Waals surface area (Å²) in [4.78, 5) is 24.3. The van der Waals surface area contributed by atoms with E-state index in [0.29, 0.717) is 35.3 Å². The maximum atomic E-state index is 12.7. The second kappa shape index (κ2) is 7.89. The molecule has 0 radical (unpaired) electrons. The van der Waals surface area contributed by atoms with Gasteiger partial charge in [-0.15, -0.1) is 0 Å². The van der Waals surface area contributed by atoms with Crippen LogP contribution in [-0.4, -0.2) is 5.97 Å². The van der Waals surface area contributed by atoms with Crippen molar-refractivity contribution in [3.8, 4) is 17.2 Å². The maximum absolute atomic E-state index is 12.7. The van der Waals surface area contributed by atoms with Gasteiger partial charge in [0.15, 0.2) is 0 Å². The van der Waals surface area contributed by atoms with Crippen molar-refractivity contribution in [2.75, 3.05) is 0 Å². The molecule has 0 saturated carbocycles. The van der Waals surface area contributed by atoms with E-state index < -0.39 is 0 Å². The molecule has 0 unspecified atom stereocenters. The van der Waals surface area contributed by atoms with Gasteiger partial charge in [-0.25, -0.2) is 0 Å². The van der Waals surface area contributed by atoms with Crippen molar-refractivity contribution in [2.24, 2.45) is 0 Å². The van der Waals surface area contributed by atoms with Crippen LogP contribution in [0.5, 0.6) is 17.2 Å². The number of hydrogen-bond acceptors (Lipinski definition) is 5. The molecule has 0 amide bonds. The van der Waals surface area contributed by atoms with Crippen molar-refractivity contribution in [2.45, 2.75) is 46.0 Å². The fourth-order valence-corrected chi connectivity index (χ4v) is 2.76. The van der Waals surface area contributed by atoms with Crippen LogP contribution in [-0.2, 0) is 10.2 Å². The molecule has 0 spiro atoms. The van der Waals surface area contributed by atoms with Gasteiger partial charge in [0.1, 0.15) is 23.3 Å². The lowest BCUT2D eigenvalue weighted by Crippen LogP contribution is -2.10. The summed E-state index contributed by atoms with van der Waals surface area (Å²) in [6.45, 7) is 8.30. The zero-order valence-corrected chi connectivity index (χ0v) is 16.6. The normalized spacial score (nSPS) is 11.4. The van der Waals surface area contributed by atoms with Crippen LogP contribution in [0.25, 0.3) is 11.0 Å². The molecule has 3 rings (SSSR count). The second-order valence-corrected chi connectivity index (χ2v) is 7.69. The number of benzene rings is 2. The smallest absolute Gasteiger partial charge is 0.311 e. The number of ether oxygens (including phenoxy) is 2. The predicted molar refractivity (Wildman–Crippen MR) is 108 cm³/mol. The molecular formula is C23H24O5. The standard InChI is InChI=1S/C23H24O5/c1-5-6-21(24)28-17-11-12-18-19(13-17)26-14-20(22(18)25)27-16-9-7-15(8-10-16)23(2,3)4/h7-14H,5-6H2,1-4H3. The molecule has 5 nitrogen and oxygen atoms in total. The molecule has 2 aromatic carbocycles. The summed E-state index contributed by atoms with van der Waals surface area (Å²) in [7, 11) is 0. The first-order valence-electron chi connectivity index (χ1n) is 9.32. The van der Waals surface area contributed by atoms with Crippen LogP contribution in [0.3, 0.4) is 0 Å². The molecule has 146 valence electrons. The van der Waals surface area contributed by atoms with Crippen LogP contribution >= 0.6 is 0 Å². The Morgan fingerprint density at radius 1 is 1.04 bits per heavy atom. The average molecular weight is 380 g/mol. The highest BCUT2D eigenvalue weighted by Gasteiger charge is 2.14. The van der Waals surface area contributed by atoms with E-state index in [1.54, 1.807) is 12.1 Å². The van der Waals surface area contributed by atoms with Crippen molar-refractivity contribution in [1.82, 2.24) is 0 Å². The molecule has 3 aromatic rings. The van der Waals surface area contributed by atoms with Crippen LogP contribution < -0.4 is 14.9 Å². The van der Waals surface area contributed by atoms with E-state index in [4.69, 9.17) is 13.9 Å². The molecule has 0 aliphatic rings. The summed E-state index contributed by atoms with van der Waals surface area (Å²) < 4.78 is 16.5. The van der Waals surface area contributed by atoms with Crippen molar-refractivity contribution < 1.29 is 18.7 Å². The quantitative estimate of drug-likeness (QED) is 0.426. The van der Waals surface area contributed by atoms with Crippen LogP contribution in [0.15, 0.2) is 57.9 Å². The molecule has 0 bridgehead atoms. The highest BCUT2D eigenvalue weighted by atomic mass is 16.5. The summed E-state index contributed by atoms with van der Waals surface area (Å²) >= 11 is 0. The van der Waals surface area contributed by atoms with E-state index in [0.717, 1.165) is 0 Å². The van der Waals surface area contributed by atoms with Gasteiger partial charge >= 0.3 is 5.97 Å². The van der Waals surface area contributed by atoms with Gasteiger partial charge in [-0.2, -0.15) is 0 Å². The van der Waals surface area contributed by atoms with Crippen LogP contribution in [0, 0.1) is 0 Å². The Morgan fingerprint density at radius 3 is 2.36 bits per heavy atom. The summed E-state index contributed by atoms with van der Waals surface area (Å²) in [6.07, 6.45) is 2.32. The second-order valence-electron chi connectivity index (χ2n) is 7.69. The lowest BCUT2D eigenvalue weighted by Gasteiger charge is -2.19. The third-order valence-electron chi connectivity index (χ3n) is 4.35. The predicted octanol–water partition coefficient (Wildman–Crippen LogP) is 5.59. The Labute approximate surface area is 163 Å². The van der Waals surface area contributed by atoms with Crippen molar-refractivity contribution in [3.63, 3.8) is 0 Å². The number of fused-ring (bicyclic) bond motifs is 1. The topological polar surface area (TPSA) is 65.7 Å². The van der Waals surface area contributed by atoms with Crippen molar-refractivity contribution in [3.05, 3.63) is 64.5 Å². The summed E-state index contributed by atoms with van der Waals surface area (Å²) in [6, 6.07) is 12.3. The van der Waals surface area contributed by atoms with Crippen LogP contribution in [0.2, 0.25) is 0 Å². The van der Waals surface area contributed by atoms with Crippen molar-refractivity contribution >= 4 is 16.9 Å².